The Hall–Kier alpha value is -0.570. The van der Waals surface area contributed by atoms with Gasteiger partial charge in [-0.3, -0.25) is 9.69 Å². The first kappa shape index (κ1) is 12.5. The van der Waals surface area contributed by atoms with Gasteiger partial charge >= 0.3 is 5.97 Å². The number of hydrogen-bond donors (Lipinski definition) is 1. The Kier molecular flexibility index (Phi) is 4.58. The molecule has 1 N–H and O–H groups in total. The van der Waals surface area contributed by atoms with Gasteiger partial charge in [0.2, 0.25) is 0 Å². The average molecular weight is 213 g/mol. The molecule has 0 aromatic rings. The molecule has 0 aromatic heterocycles. The third-order valence-electron chi connectivity index (χ3n) is 3.38. The van der Waals surface area contributed by atoms with E-state index in [0.29, 0.717) is 0 Å². The summed E-state index contributed by atoms with van der Waals surface area (Å²) in [6.07, 6.45) is 5.18. The average Bonchev–Trinajstić information content (AvgIpc) is 2.54. The van der Waals surface area contributed by atoms with Gasteiger partial charge in [0.15, 0.2) is 0 Å². The fourth-order valence-electron chi connectivity index (χ4n) is 2.70. The van der Waals surface area contributed by atoms with Crippen LogP contribution in [0.25, 0.3) is 0 Å². The Morgan fingerprint density at radius 1 is 1.40 bits per heavy atom. The molecule has 0 heterocycles. The van der Waals surface area contributed by atoms with Crippen LogP contribution in [-0.2, 0) is 4.79 Å². The lowest BCUT2D eigenvalue weighted by molar-refractivity contribution is -0.144. The van der Waals surface area contributed by atoms with Crippen molar-refractivity contribution in [2.75, 3.05) is 13.6 Å². The molecule has 1 fully saturated rings. The molecule has 1 aliphatic carbocycles. The van der Waals surface area contributed by atoms with Gasteiger partial charge in [-0.1, -0.05) is 26.7 Å². The highest BCUT2D eigenvalue weighted by Crippen LogP contribution is 2.26. The summed E-state index contributed by atoms with van der Waals surface area (Å²) in [6, 6.07) is -0.328. The maximum Gasteiger partial charge on any atom is 0.321 e. The zero-order valence-electron chi connectivity index (χ0n) is 10.1. The summed E-state index contributed by atoms with van der Waals surface area (Å²) in [7, 11) is 1.94. The SMILES string of the molecule is CC(C)C(C(=O)O)N(C)CC1CCCC1. The van der Waals surface area contributed by atoms with Crippen molar-refractivity contribution in [1.82, 2.24) is 4.90 Å². The molecule has 0 radical (unpaired) electrons. The molecule has 0 saturated heterocycles. The van der Waals surface area contributed by atoms with E-state index >= 15 is 0 Å². The normalized spacial score (nSPS) is 20.1. The first-order chi connectivity index (χ1) is 7.02. The highest BCUT2D eigenvalue weighted by atomic mass is 16.4. The highest BCUT2D eigenvalue weighted by Gasteiger charge is 2.28. The van der Waals surface area contributed by atoms with Crippen molar-refractivity contribution in [1.29, 1.82) is 0 Å². The molecule has 0 aromatic carbocycles. The second-order valence-electron chi connectivity index (χ2n) is 5.12. The van der Waals surface area contributed by atoms with Crippen molar-refractivity contribution in [3.63, 3.8) is 0 Å². The lowest BCUT2D eigenvalue weighted by atomic mass is 10.0. The van der Waals surface area contributed by atoms with Crippen LogP contribution >= 0.6 is 0 Å². The summed E-state index contributed by atoms with van der Waals surface area (Å²) in [4.78, 5) is 13.1. The maximum absolute atomic E-state index is 11.1. The summed E-state index contributed by atoms with van der Waals surface area (Å²) in [5.41, 5.74) is 0. The predicted molar refractivity (Wildman–Crippen MR) is 60.8 cm³/mol. The molecule has 1 saturated carbocycles. The van der Waals surface area contributed by atoms with E-state index in [-0.39, 0.29) is 12.0 Å². The quantitative estimate of drug-likeness (QED) is 0.761. The van der Waals surface area contributed by atoms with Crippen LogP contribution in [0, 0.1) is 11.8 Å². The van der Waals surface area contributed by atoms with Crippen LogP contribution in [0.15, 0.2) is 0 Å². The molecule has 88 valence electrons. The molecule has 1 aliphatic rings. The Labute approximate surface area is 92.5 Å². The number of rotatable bonds is 5. The van der Waals surface area contributed by atoms with Crippen LogP contribution in [-0.4, -0.2) is 35.6 Å². The van der Waals surface area contributed by atoms with Gasteiger partial charge in [0.05, 0.1) is 0 Å². The summed E-state index contributed by atoms with van der Waals surface area (Å²) in [5.74, 6) is 0.204. The monoisotopic (exact) mass is 213 g/mol. The molecule has 3 heteroatoms. The number of likely N-dealkylation sites (N-methyl/N-ethyl adjacent to an activating group) is 1. The van der Waals surface area contributed by atoms with Crippen molar-refractivity contribution in [2.45, 2.75) is 45.6 Å². The van der Waals surface area contributed by atoms with Crippen molar-refractivity contribution in [2.24, 2.45) is 11.8 Å². The number of nitrogens with zero attached hydrogens (tertiary/aromatic N) is 1. The number of carbonyl (C=O) groups is 1. The van der Waals surface area contributed by atoms with Crippen LogP contribution in [0.3, 0.4) is 0 Å². The molecule has 3 nitrogen and oxygen atoms in total. The predicted octanol–water partition coefficient (Wildman–Crippen LogP) is 2.22. The van der Waals surface area contributed by atoms with Gasteiger partial charge in [-0.15, -0.1) is 0 Å². The third-order valence-corrected chi connectivity index (χ3v) is 3.38. The Morgan fingerprint density at radius 3 is 2.33 bits per heavy atom. The second-order valence-corrected chi connectivity index (χ2v) is 5.12. The van der Waals surface area contributed by atoms with E-state index in [0.717, 1.165) is 12.5 Å². The standard InChI is InChI=1S/C12H23NO2/c1-9(2)11(12(14)15)13(3)8-10-6-4-5-7-10/h9-11H,4-8H2,1-3H3,(H,14,15). The Morgan fingerprint density at radius 2 is 1.93 bits per heavy atom. The van der Waals surface area contributed by atoms with Gasteiger partial charge in [-0.2, -0.15) is 0 Å². The molecular weight excluding hydrogens is 190 g/mol. The zero-order chi connectivity index (χ0) is 11.4. The van der Waals surface area contributed by atoms with E-state index < -0.39 is 5.97 Å². The molecule has 0 amide bonds. The smallest absolute Gasteiger partial charge is 0.321 e. The molecule has 0 bridgehead atoms. The maximum atomic E-state index is 11.1. The summed E-state index contributed by atoms with van der Waals surface area (Å²) >= 11 is 0. The van der Waals surface area contributed by atoms with Crippen LogP contribution < -0.4 is 0 Å². The molecule has 1 rings (SSSR count). The Balaban J connectivity index is 2.48. The van der Waals surface area contributed by atoms with Crippen LogP contribution in [0.5, 0.6) is 0 Å². The van der Waals surface area contributed by atoms with Crippen molar-refractivity contribution in [3.8, 4) is 0 Å². The molecule has 0 spiro atoms. The third kappa shape index (κ3) is 3.49. The number of aliphatic carboxylic acids is 1. The van der Waals surface area contributed by atoms with Crippen LogP contribution in [0.2, 0.25) is 0 Å². The van der Waals surface area contributed by atoms with E-state index in [4.69, 9.17) is 5.11 Å². The Bertz CT molecular complexity index is 210. The van der Waals surface area contributed by atoms with Crippen LogP contribution in [0.4, 0.5) is 0 Å². The van der Waals surface area contributed by atoms with Crippen LogP contribution in [0.1, 0.15) is 39.5 Å². The first-order valence-electron chi connectivity index (χ1n) is 5.95. The van der Waals surface area contributed by atoms with Gasteiger partial charge in [-0.25, -0.2) is 0 Å². The number of carboxylic acid groups (broad SMARTS) is 1. The molecule has 1 unspecified atom stereocenters. The molecule has 0 aliphatic heterocycles. The lowest BCUT2D eigenvalue weighted by Gasteiger charge is -2.29. The summed E-state index contributed by atoms with van der Waals surface area (Å²) in [5, 5.41) is 9.15. The molecule has 1 atom stereocenters. The minimum absolute atomic E-state index is 0.175. The minimum atomic E-state index is -0.689. The van der Waals surface area contributed by atoms with E-state index in [1.807, 2.05) is 25.8 Å². The second kappa shape index (κ2) is 5.50. The van der Waals surface area contributed by atoms with Crippen molar-refractivity contribution >= 4 is 5.97 Å². The number of hydrogen-bond acceptors (Lipinski definition) is 2. The largest absolute Gasteiger partial charge is 0.480 e. The molecular formula is C12H23NO2. The highest BCUT2D eigenvalue weighted by molar-refractivity contribution is 5.73. The van der Waals surface area contributed by atoms with Gasteiger partial charge < -0.3 is 5.11 Å². The number of carboxylic acids is 1. The fourth-order valence-corrected chi connectivity index (χ4v) is 2.70. The van der Waals surface area contributed by atoms with E-state index in [9.17, 15) is 4.79 Å². The minimum Gasteiger partial charge on any atom is -0.480 e. The van der Waals surface area contributed by atoms with Gasteiger partial charge in [0, 0.05) is 6.54 Å². The van der Waals surface area contributed by atoms with E-state index in [2.05, 4.69) is 0 Å². The topological polar surface area (TPSA) is 40.5 Å². The lowest BCUT2D eigenvalue weighted by Crippen LogP contribution is -2.44. The summed E-state index contributed by atoms with van der Waals surface area (Å²) in [6.45, 7) is 4.89. The van der Waals surface area contributed by atoms with Crippen molar-refractivity contribution in [3.05, 3.63) is 0 Å². The summed E-state index contributed by atoms with van der Waals surface area (Å²) < 4.78 is 0. The van der Waals surface area contributed by atoms with Gasteiger partial charge in [0.1, 0.15) is 6.04 Å². The van der Waals surface area contributed by atoms with Gasteiger partial charge in [-0.05, 0) is 31.7 Å². The van der Waals surface area contributed by atoms with Crippen molar-refractivity contribution < 1.29 is 9.90 Å². The van der Waals surface area contributed by atoms with E-state index in [1.54, 1.807) is 0 Å². The fraction of sp³-hybridized carbons (Fsp3) is 0.917. The van der Waals surface area contributed by atoms with E-state index in [1.165, 1.54) is 25.7 Å². The van der Waals surface area contributed by atoms with Gasteiger partial charge in [0.25, 0.3) is 0 Å². The zero-order valence-corrected chi connectivity index (χ0v) is 10.1. The molecule has 15 heavy (non-hydrogen) atoms. The first-order valence-corrected chi connectivity index (χ1v) is 5.95.